The predicted octanol–water partition coefficient (Wildman–Crippen LogP) is 5.26. The Morgan fingerprint density at radius 1 is 1.07 bits per heavy atom. The monoisotopic (exact) mass is 356 g/mol. The minimum Gasteiger partial charge on any atom is -0.329 e. The molecular weight excluding hydrogens is 332 g/mol. The SMILES string of the molecule is Cc1ccc2ccc(CCC3CCC(n4ccc5cncnc54)C3)cc2n1. The summed E-state index contributed by atoms with van der Waals surface area (Å²) in [5, 5.41) is 2.37. The lowest BCUT2D eigenvalue weighted by Gasteiger charge is -2.14. The highest BCUT2D eigenvalue weighted by atomic mass is 15.1. The van der Waals surface area contributed by atoms with Gasteiger partial charge in [-0.05, 0) is 68.7 Å². The number of pyridine rings is 1. The number of rotatable bonds is 4. The van der Waals surface area contributed by atoms with Crippen molar-refractivity contribution in [1.82, 2.24) is 19.5 Å². The Morgan fingerprint density at radius 2 is 2.00 bits per heavy atom. The van der Waals surface area contributed by atoms with Crippen LogP contribution in [0.1, 0.15) is 43.0 Å². The van der Waals surface area contributed by atoms with Crippen LogP contribution in [0.4, 0.5) is 0 Å². The van der Waals surface area contributed by atoms with Crippen molar-refractivity contribution >= 4 is 21.9 Å². The number of aryl methyl sites for hydroxylation is 2. The maximum Gasteiger partial charge on any atom is 0.143 e. The van der Waals surface area contributed by atoms with Gasteiger partial charge in [-0.25, -0.2) is 9.97 Å². The molecule has 3 heterocycles. The predicted molar refractivity (Wildman–Crippen MR) is 109 cm³/mol. The van der Waals surface area contributed by atoms with Gasteiger partial charge in [0.2, 0.25) is 0 Å². The normalized spacial score (nSPS) is 19.9. The molecule has 0 amide bonds. The third kappa shape index (κ3) is 3.20. The molecule has 0 N–H and O–H groups in total. The van der Waals surface area contributed by atoms with Gasteiger partial charge in [-0.2, -0.15) is 0 Å². The van der Waals surface area contributed by atoms with Crippen molar-refractivity contribution in [3.8, 4) is 0 Å². The Labute approximate surface area is 159 Å². The number of hydrogen-bond acceptors (Lipinski definition) is 3. The largest absolute Gasteiger partial charge is 0.329 e. The van der Waals surface area contributed by atoms with E-state index in [1.54, 1.807) is 6.33 Å². The fraction of sp³-hybridized carbons (Fsp3) is 0.348. The first-order chi connectivity index (χ1) is 13.3. The average Bonchev–Trinajstić information content (AvgIpc) is 3.32. The molecular formula is C23H24N4. The van der Waals surface area contributed by atoms with Crippen LogP contribution in [0.2, 0.25) is 0 Å². The van der Waals surface area contributed by atoms with E-state index in [0.717, 1.165) is 34.6 Å². The van der Waals surface area contributed by atoms with Crippen molar-refractivity contribution in [2.75, 3.05) is 0 Å². The third-order valence-corrected chi connectivity index (χ3v) is 6.02. The first-order valence-electron chi connectivity index (χ1n) is 9.89. The Balaban J connectivity index is 1.26. The van der Waals surface area contributed by atoms with Gasteiger partial charge >= 0.3 is 0 Å². The van der Waals surface area contributed by atoms with Crippen molar-refractivity contribution in [1.29, 1.82) is 0 Å². The Bertz CT molecular complexity index is 1100. The Hall–Kier alpha value is -2.75. The lowest BCUT2D eigenvalue weighted by Crippen LogP contribution is -2.05. The van der Waals surface area contributed by atoms with Gasteiger partial charge in [-0.1, -0.05) is 18.2 Å². The molecule has 1 aromatic carbocycles. The van der Waals surface area contributed by atoms with Crippen LogP contribution in [0.15, 0.2) is 55.1 Å². The Kier molecular flexibility index (Phi) is 4.12. The summed E-state index contributed by atoms with van der Waals surface area (Å²) < 4.78 is 2.36. The van der Waals surface area contributed by atoms with Crippen LogP contribution in [-0.4, -0.2) is 19.5 Å². The van der Waals surface area contributed by atoms with E-state index in [1.165, 1.54) is 36.6 Å². The van der Waals surface area contributed by atoms with E-state index in [1.807, 2.05) is 6.20 Å². The second kappa shape index (κ2) is 6.76. The highest BCUT2D eigenvalue weighted by molar-refractivity contribution is 5.79. The molecule has 2 atom stereocenters. The van der Waals surface area contributed by atoms with Crippen LogP contribution in [0.5, 0.6) is 0 Å². The summed E-state index contributed by atoms with van der Waals surface area (Å²) in [4.78, 5) is 13.3. The number of nitrogens with zero attached hydrogens (tertiary/aromatic N) is 4. The topological polar surface area (TPSA) is 43.6 Å². The minimum atomic E-state index is 0.573. The van der Waals surface area contributed by atoms with Crippen LogP contribution in [-0.2, 0) is 6.42 Å². The molecule has 0 radical (unpaired) electrons. The zero-order chi connectivity index (χ0) is 18.2. The summed E-state index contributed by atoms with van der Waals surface area (Å²) in [6.07, 6.45) is 11.9. The molecule has 27 heavy (non-hydrogen) atoms. The van der Waals surface area contributed by atoms with Crippen molar-refractivity contribution in [2.45, 2.75) is 45.1 Å². The highest BCUT2D eigenvalue weighted by Gasteiger charge is 2.26. The van der Waals surface area contributed by atoms with Gasteiger partial charge in [0.25, 0.3) is 0 Å². The summed E-state index contributed by atoms with van der Waals surface area (Å²) in [5.74, 6) is 0.787. The van der Waals surface area contributed by atoms with Crippen molar-refractivity contribution in [3.05, 3.63) is 66.4 Å². The summed E-state index contributed by atoms with van der Waals surface area (Å²) in [7, 11) is 0. The molecule has 3 aromatic heterocycles. The molecule has 4 heteroatoms. The van der Waals surface area contributed by atoms with Crippen LogP contribution in [0.25, 0.3) is 21.9 Å². The average molecular weight is 356 g/mol. The second-order valence-electron chi connectivity index (χ2n) is 7.88. The molecule has 0 bridgehead atoms. The van der Waals surface area contributed by atoms with Crippen molar-refractivity contribution < 1.29 is 0 Å². The smallest absolute Gasteiger partial charge is 0.143 e. The molecule has 1 aliphatic rings. The quantitative estimate of drug-likeness (QED) is 0.501. The molecule has 136 valence electrons. The molecule has 2 unspecified atom stereocenters. The van der Waals surface area contributed by atoms with E-state index in [9.17, 15) is 0 Å². The molecule has 5 rings (SSSR count). The fourth-order valence-corrected chi connectivity index (χ4v) is 4.55. The molecule has 4 aromatic rings. The van der Waals surface area contributed by atoms with Gasteiger partial charge in [-0.3, -0.25) is 4.98 Å². The molecule has 0 aliphatic heterocycles. The molecule has 0 spiro atoms. The first kappa shape index (κ1) is 16.4. The van der Waals surface area contributed by atoms with E-state index in [0.29, 0.717) is 6.04 Å². The van der Waals surface area contributed by atoms with E-state index >= 15 is 0 Å². The fourth-order valence-electron chi connectivity index (χ4n) is 4.55. The van der Waals surface area contributed by atoms with E-state index in [-0.39, 0.29) is 0 Å². The number of aromatic nitrogens is 4. The lowest BCUT2D eigenvalue weighted by molar-refractivity contribution is 0.461. The van der Waals surface area contributed by atoms with Gasteiger partial charge in [0.15, 0.2) is 0 Å². The van der Waals surface area contributed by atoms with Gasteiger partial charge in [-0.15, -0.1) is 0 Å². The number of hydrogen-bond donors (Lipinski definition) is 0. The van der Waals surface area contributed by atoms with Crippen molar-refractivity contribution in [3.63, 3.8) is 0 Å². The van der Waals surface area contributed by atoms with Gasteiger partial charge in [0.05, 0.1) is 5.52 Å². The van der Waals surface area contributed by atoms with Crippen LogP contribution in [0, 0.1) is 12.8 Å². The van der Waals surface area contributed by atoms with Crippen LogP contribution in [0.3, 0.4) is 0 Å². The Morgan fingerprint density at radius 3 is 2.96 bits per heavy atom. The maximum atomic E-state index is 4.68. The van der Waals surface area contributed by atoms with Gasteiger partial charge in [0.1, 0.15) is 12.0 Å². The molecule has 1 aliphatic carbocycles. The molecule has 1 fully saturated rings. The number of fused-ring (bicyclic) bond motifs is 2. The molecule has 4 nitrogen and oxygen atoms in total. The summed E-state index contributed by atoms with van der Waals surface area (Å²) in [5.41, 5.74) is 4.69. The first-order valence-corrected chi connectivity index (χ1v) is 9.89. The van der Waals surface area contributed by atoms with Gasteiger partial charge in [0, 0.05) is 34.9 Å². The maximum absolute atomic E-state index is 4.68. The van der Waals surface area contributed by atoms with E-state index < -0.39 is 0 Å². The molecule has 0 saturated heterocycles. The van der Waals surface area contributed by atoms with Crippen LogP contribution >= 0.6 is 0 Å². The van der Waals surface area contributed by atoms with Crippen molar-refractivity contribution in [2.24, 2.45) is 5.92 Å². The standard InChI is InChI=1S/C23H24N4/c1-16-2-7-19-8-5-18(13-22(19)26-16)4-3-17-6-9-21(12-17)27-11-10-20-14-24-15-25-23(20)27/h2,5,7-8,10-11,13-15,17,21H,3-4,6,9,12H2,1H3. The van der Waals surface area contributed by atoms with Gasteiger partial charge < -0.3 is 4.57 Å². The van der Waals surface area contributed by atoms with E-state index in [4.69, 9.17) is 0 Å². The second-order valence-corrected chi connectivity index (χ2v) is 7.88. The lowest BCUT2D eigenvalue weighted by atomic mass is 9.97. The minimum absolute atomic E-state index is 0.573. The number of benzene rings is 1. The van der Waals surface area contributed by atoms with Crippen LogP contribution < -0.4 is 0 Å². The zero-order valence-corrected chi connectivity index (χ0v) is 15.7. The summed E-state index contributed by atoms with van der Waals surface area (Å²) >= 11 is 0. The molecule has 1 saturated carbocycles. The zero-order valence-electron chi connectivity index (χ0n) is 15.7. The highest BCUT2D eigenvalue weighted by Crippen LogP contribution is 2.38. The van der Waals surface area contributed by atoms with E-state index in [2.05, 4.69) is 69.0 Å². The summed E-state index contributed by atoms with van der Waals surface area (Å²) in [6.45, 7) is 2.06. The third-order valence-electron chi connectivity index (χ3n) is 6.02. The summed E-state index contributed by atoms with van der Waals surface area (Å²) in [6, 6.07) is 13.7.